The average molecular weight is 311 g/mol. The minimum absolute atomic E-state index is 0.154. The Morgan fingerprint density at radius 1 is 1.45 bits per heavy atom. The van der Waals surface area contributed by atoms with Gasteiger partial charge in [-0.05, 0) is 0 Å². The van der Waals surface area contributed by atoms with Gasteiger partial charge < -0.3 is 19.7 Å². The van der Waals surface area contributed by atoms with E-state index in [2.05, 4.69) is 4.98 Å². The molecule has 0 unspecified atom stereocenters. The molecule has 0 aromatic carbocycles. The number of rotatable bonds is 4. The molecule has 2 heterocycles. The van der Waals surface area contributed by atoms with E-state index >= 15 is 0 Å². The number of aromatic amines is 1. The fourth-order valence-electron chi connectivity index (χ4n) is 2.36. The van der Waals surface area contributed by atoms with Crippen molar-refractivity contribution in [2.24, 2.45) is 7.05 Å². The molecule has 1 atom stereocenters. The number of nitrogens with one attached hydrogen (secondary N) is 1. The molecule has 9 nitrogen and oxygen atoms in total. The second-order valence-electron chi connectivity index (χ2n) is 5.07. The maximum Gasteiger partial charge on any atom is 0.328 e. The summed E-state index contributed by atoms with van der Waals surface area (Å²) in [6.07, 6.45) is 0.810. The smallest absolute Gasteiger partial charge is 0.328 e. The lowest BCUT2D eigenvalue weighted by atomic mass is 10.1. The third kappa shape index (κ3) is 3.42. The SMILES string of the molecule is Cn1c(=O)[nH]cc(CC(=O)N2CCOC[C@@H]2CC(=O)O)c1=O. The van der Waals surface area contributed by atoms with Crippen molar-refractivity contribution in [3.05, 3.63) is 32.6 Å². The molecule has 0 saturated carbocycles. The fourth-order valence-corrected chi connectivity index (χ4v) is 2.36. The average Bonchev–Trinajstić information content (AvgIpc) is 2.48. The number of amides is 1. The highest BCUT2D eigenvalue weighted by Gasteiger charge is 2.29. The van der Waals surface area contributed by atoms with Crippen molar-refractivity contribution < 1.29 is 19.4 Å². The first-order valence-electron chi connectivity index (χ1n) is 6.76. The zero-order valence-corrected chi connectivity index (χ0v) is 12.1. The van der Waals surface area contributed by atoms with Gasteiger partial charge >= 0.3 is 11.7 Å². The molecule has 9 heteroatoms. The zero-order chi connectivity index (χ0) is 16.3. The summed E-state index contributed by atoms with van der Waals surface area (Å²) in [6, 6.07) is -0.551. The van der Waals surface area contributed by atoms with Crippen LogP contribution in [-0.2, 0) is 27.8 Å². The Balaban J connectivity index is 2.17. The maximum absolute atomic E-state index is 12.3. The van der Waals surface area contributed by atoms with Gasteiger partial charge in [-0.3, -0.25) is 19.0 Å². The van der Waals surface area contributed by atoms with E-state index in [9.17, 15) is 19.2 Å². The Hall–Kier alpha value is -2.42. The fraction of sp³-hybridized carbons (Fsp3) is 0.538. The minimum atomic E-state index is -1.02. The van der Waals surface area contributed by atoms with Crippen molar-refractivity contribution in [2.45, 2.75) is 18.9 Å². The highest BCUT2D eigenvalue weighted by Crippen LogP contribution is 2.12. The molecule has 22 heavy (non-hydrogen) atoms. The number of carbonyl (C=O) groups is 2. The first-order chi connectivity index (χ1) is 10.4. The quantitative estimate of drug-likeness (QED) is 0.685. The van der Waals surface area contributed by atoms with E-state index < -0.39 is 23.3 Å². The number of H-pyrrole nitrogens is 1. The molecule has 1 aliphatic rings. The van der Waals surface area contributed by atoms with E-state index in [1.54, 1.807) is 0 Å². The first kappa shape index (κ1) is 16.0. The standard InChI is InChI=1S/C13H17N3O6/c1-15-12(20)8(6-14-13(15)21)4-10(17)16-2-3-22-7-9(16)5-11(18)19/h6,9H,2-5,7H2,1H3,(H,14,21)(H,18,19)/t9-/m0/s1. The molecule has 2 rings (SSSR count). The number of nitrogens with zero attached hydrogens (tertiary/aromatic N) is 2. The van der Waals surface area contributed by atoms with Crippen LogP contribution in [0.4, 0.5) is 0 Å². The Bertz CT molecular complexity index is 692. The summed E-state index contributed by atoms with van der Waals surface area (Å²) in [6.45, 7) is 0.758. The Morgan fingerprint density at radius 3 is 2.86 bits per heavy atom. The van der Waals surface area contributed by atoms with Crippen molar-refractivity contribution in [3.63, 3.8) is 0 Å². The highest BCUT2D eigenvalue weighted by atomic mass is 16.5. The highest BCUT2D eigenvalue weighted by molar-refractivity contribution is 5.80. The van der Waals surface area contributed by atoms with Crippen LogP contribution in [0, 0.1) is 0 Å². The van der Waals surface area contributed by atoms with Crippen LogP contribution in [-0.4, -0.2) is 57.2 Å². The second kappa shape index (κ2) is 6.56. The van der Waals surface area contributed by atoms with E-state index in [0.29, 0.717) is 6.61 Å². The molecule has 1 saturated heterocycles. The summed E-state index contributed by atoms with van der Waals surface area (Å²) in [7, 11) is 1.32. The number of ether oxygens (including phenoxy) is 1. The van der Waals surface area contributed by atoms with Gasteiger partial charge in [0.25, 0.3) is 5.56 Å². The van der Waals surface area contributed by atoms with Gasteiger partial charge in [0.05, 0.1) is 32.1 Å². The lowest BCUT2D eigenvalue weighted by Crippen LogP contribution is -2.50. The van der Waals surface area contributed by atoms with Gasteiger partial charge in [-0.2, -0.15) is 0 Å². The Kier molecular flexibility index (Phi) is 4.76. The number of carboxylic acids is 1. The summed E-state index contributed by atoms with van der Waals surface area (Å²) in [5, 5.41) is 8.88. The summed E-state index contributed by atoms with van der Waals surface area (Å²) >= 11 is 0. The molecule has 0 radical (unpaired) electrons. The molecule has 120 valence electrons. The number of aromatic nitrogens is 2. The van der Waals surface area contributed by atoms with E-state index in [1.165, 1.54) is 18.1 Å². The van der Waals surface area contributed by atoms with Crippen LogP contribution in [0.3, 0.4) is 0 Å². The third-order valence-electron chi connectivity index (χ3n) is 3.55. The molecule has 1 aromatic heterocycles. The normalized spacial score (nSPS) is 18.2. The maximum atomic E-state index is 12.3. The van der Waals surface area contributed by atoms with E-state index in [0.717, 1.165) is 4.57 Å². The molecule has 2 N–H and O–H groups in total. The van der Waals surface area contributed by atoms with Crippen LogP contribution in [0.5, 0.6) is 0 Å². The molecule has 1 amide bonds. The first-order valence-corrected chi connectivity index (χ1v) is 6.76. The summed E-state index contributed by atoms with van der Waals surface area (Å²) in [4.78, 5) is 50.2. The van der Waals surface area contributed by atoms with Crippen molar-refractivity contribution in [2.75, 3.05) is 19.8 Å². The van der Waals surface area contributed by atoms with Crippen molar-refractivity contribution in [3.8, 4) is 0 Å². The lowest BCUT2D eigenvalue weighted by Gasteiger charge is -2.34. The summed E-state index contributed by atoms with van der Waals surface area (Å²) in [5.41, 5.74) is -0.941. The molecular weight excluding hydrogens is 294 g/mol. The predicted molar refractivity (Wildman–Crippen MR) is 74.6 cm³/mol. The van der Waals surface area contributed by atoms with Crippen molar-refractivity contribution >= 4 is 11.9 Å². The largest absolute Gasteiger partial charge is 0.481 e. The number of carbonyl (C=O) groups excluding carboxylic acids is 1. The number of hydrogen-bond acceptors (Lipinski definition) is 5. The van der Waals surface area contributed by atoms with Gasteiger partial charge in [-0.1, -0.05) is 0 Å². The van der Waals surface area contributed by atoms with Gasteiger partial charge in [0.2, 0.25) is 5.91 Å². The van der Waals surface area contributed by atoms with Crippen LogP contribution in [0.15, 0.2) is 15.8 Å². The lowest BCUT2D eigenvalue weighted by molar-refractivity contribution is -0.145. The van der Waals surface area contributed by atoms with Gasteiger partial charge in [-0.15, -0.1) is 0 Å². The third-order valence-corrected chi connectivity index (χ3v) is 3.55. The number of aliphatic carboxylic acids is 1. The topological polar surface area (TPSA) is 122 Å². The van der Waals surface area contributed by atoms with Crippen LogP contribution in [0.25, 0.3) is 0 Å². The predicted octanol–water partition coefficient (Wildman–Crippen LogP) is -1.68. The Labute approximate surface area is 125 Å². The Morgan fingerprint density at radius 2 is 2.18 bits per heavy atom. The van der Waals surface area contributed by atoms with E-state index in [-0.39, 0.29) is 37.5 Å². The van der Waals surface area contributed by atoms with E-state index in [1.807, 2.05) is 0 Å². The number of hydrogen-bond donors (Lipinski definition) is 2. The van der Waals surface area contributed by atoms with E-state index in [4.69, 9.17) is 9.84 Å². The number of morpholine rings is 1. The van der Waals surface area contributed by atoms with Gasteiger partial charge in [0.1, 0.15) is 0 Å². The summed E-state index contributed by atoms with van der Waals surface area (Å²) in [5.74, 6) is -1.38. The van der Waals surface area contributed by atoms with Gasteiger partial charge in [0, 0.05) is 25.4 Å². The molecule has 1 aromatic rings. The molecule has 0 spiro atoms. The minimum Gasteiger partial charge on any atom is -0.481 e. The second-order valence-corrected chi connectivity index (χ2v) is 5.07. The zero-order valence-electron chi connectivity index (χ0n) is 12.1. The molecule has 0 aliphatic carbocycles. The number of carboxylic acid groups (broad SMARTS) is 1. The molecule has 1 aliphatic heterocycles. The molecule has 1 fully saturated rings. The monoisotopic (exact) mass is 311 g/mol. The summed E-state index contributed by atoms with van der Waals surface area (Å²) < 4.78 is 6.09. The van der Waals surface area contributed by atoms with Crippen LogP contribution >= 0.6 is 0 Å². The van der Waals surface area contributed by atoms with Crippen molar-refractivity contribution in [1.82, 2.24) is 14.5 Å². The van der Waals surface area contributed by atoms with Gasteiger partial charge in [-0.25, -0.2) is 4.79 Å². The molecular formula is C13H17N3O6. The van der Waals surface area contributed by atoms with Crippen molar-refractivity contribution in [1.29, 1.82) is 0 Å². The van der Waals surface area contributed by atoms with Gasteiger partial charge in [0.15, 0.2) is 0 Å². The van der Waals surface area contributed by atoms with Crippen LogP contribution in [0.2, 0.25) is 0 Å². The van der Waals surface area contributed by atoms with Crippen LogP contribution in [0.1, 0.15) is 12.0 Å². The molecule has 0 bridgehead atoms. The van der Waals surface area contributed by atoms with Crippen LogP contribution < -0.4 is 11.2 Å².